The molecule has 0 N–H and O–H groups in total. The van der Waals surface area contributed by atoms with Crippen LogP contribution in [0.1, 0.15) is 44.2 Å². The smallest absolute Gasteiger partial charge is 0.366 e. The lowest BCUT2D eigenvalue weighted by Gasteiger charge is -2.31. The van der Waals surface area contributed by atoms with Crippen molar-refractivity contribution < 1.29 is 13.2 Å². The van der Waals surface area contributed by atoms with E-state index in [2.05, 4.69) is 34.7 Å². The quantitative estimate of drug-likeness (QED) is 0.663. The van der Waals surface area contributed by atoms with Crippen LogP contribution in [-0.4, -0.2) is 12.1 Å². The predicted molar refractivity (Wildman–Crippen MR) is 79.3 cm³/mol. The largest absolute Gasteiger partial charge is 0.416 e. The van der Waals surface area contributed by atoms with Crippen molar-refractivity contribution in [1.82, 2.24) is 0 Å². The van der Waals surface area contributed by atoms with Gasteiger partial charge < -0.3 is 4.90 Å². The van der Waals surface area contributed by atoms with Gasteiger partial charge in [-0.25, -0.2) is 0 Å². The standard InChI is InChI=1S/C15H19BrF3N/c1-3-12-6-4-10(2)20(12)13-7-5-11(9-16)14(8-13)15(17,18)19/h5,7-8,10,12H,3-4,6,9H2,1-2H3. The first-order valence-corrected chi connectivity index (χ1v) is 8.05. The minimum absolute atomic E-state index is 0.217. The molecule has 112 valence electrons. The lowest BCUT2D eigenvalue weighted by molar-refractivity contribution is -0.138. The van der Waals surface area contributed by atoms with E-state index in [1.807, 2.05) is 6.07 Å². The maximum atomic E-state index is 13.1. The molecule has 0 aliphatic carbocycles. The van der Waals surface area contributed by atoms with Gasteiger partial charge in [0.15, 0.2) is 0 Å². The summed E-state index contributed by atoms with van der Waals surface area (Å²) in [5, 5.41) is 0.217. The summed E-state index contributed by atoms with van der Waals surface area (Å²) in [5.41, 5.74) is 0.459. The molecule has 2 unspecified atom stereocenters. The van der Waals surface area contributed by atoms with E-state index in [-0.39, 0.29) is 5.33 Å². The molecule has 1 nitrogen and oxygen atoms in total. The zero-order valence-electron chi connectivity index (χ0n) is 11.7. The molecular weight excluding hydrogens is 331 g/mol. The summed E-state index contributed by atoms with van der Waals surface area (Å²) in [7, 11) is 0. The molecule has 1 saturated heterocycles. The molecule has 5 heteroatoms. The summed E-state index contributed by atoms with van der Waals surface area (Å²) in [6, 6.07) is 5.36. The molecule has 1 aliphatic rings. The number of nitrogens with zero attached hydrogens (tertiary/aromatic N) is 1. The van der Waals surface area contributed by atoms with Crippen molar-refractivity contribution in [3.05, 3.63) is 29.3 Å². The lowest BCUT2D eigenvalue weighted by Crippen LogP contribution is -2.34. The van der Waals surface area contributed by atoms with Crippen molar-refractivity contribution in [1.29, 1.82) is 0 Å². The van der Waals surface area contributed by atoms with Crippen molar-refractivity contribution >= 4 is 21.6 Å². The van der Waals surface area contributed by atoms with Crippen LogP contribution in [0.15, 0.2) is 18.2 Å². The lowest BCUT2D eigenvalue weighted by atomic mass is 10.1. The van der Waals surface area contributed by atoms with E-state index >= 15 is 0 Å². The van der Waals surface area contributed by atoms with Gasteiger partial charge in [-0.05, 0) is 43.9 Å². The number of hydrogen-bond acceptors (Lipinski definition) is 1. The third-order valence-electron chi connectivity index (χ3n) is 4.10. The van der Waals surface area contributed by atoms with Gasteiger partial charge in [0.2, 0.25) is 0 Å². The highest BCUT2D eigenvalue weighted by atomic mass is 79.9. The molecule has 0 amide bonds. The first-order valence-electron chi connectivity index (χ1n) is 6.93. The number of hydrogen-bond donors (Lipinski definition) is 0. The Bertz CT molecular complexity index is 473. The Balaban J connectivity index is 2.43. The van der Waals surface area contributed by atoms with Crippen molar-refractivity contribution in [2.75, 3.05) is 4.90 Å². The molecule has 1 aromatic carbocycles. The van der Waals surface area contributed by atoms with Crippen LogP contribution in [0.4, 0.5) is 18.9 Å². The average Bonchev–Trinajstić information content (AvgIpc) is 2.78. The zero-order chi connectivity index (χ0) is 14.9. The van der Waals surface area contributed by atoms with E-state index in [4.69, 9.17) is 0 Å². The monoisotopic (exact) mass is 349 g/mol. The summed E-state index contributed by atoms with van der Waals surface area (Å²) in [4.78, 5) is 2.15. The van der Waals surface area contributed by atoms with E-state index < -0.39 is 11.7 Å². The average molecular weight is 350 g/mol. The molecule has 1 heterocycles. The Labute approximate surface area is 126 Å². The van der Waals surface area contributed by atoms with Crippen LogP contribution in [0.3, 0.4) is 0 Å². The number of rotatable bonds is 3. The van der Waals surface area contributed by atoms with E-state index in [1.165, 1.54) is 6.07 Å². The predicted octanol–water partition coefficient (Wildman–Crippen LogP) is 5.37. The Morgan fingerprint density at radius 3 is 2.55 bits per heavy atom. The van der Waals surface area contributed by atoms with Crippen LogP contribution >= 0.6 is 15.9 Å². The Hall–Kier alpha value is -0.710. The van der Waals surface area contributed by atoms with Gasteiger partial charge in [-0.3, -0.25) is 0 Å². The third-order valence-corrected chi connectivity index (χ3v) is 4.70. The molecule has 20 heavy (non-hydrogen) atoms. The SMILES string of the molecule is CCC1CCC(C)N1c1ccc(CBr)c(C(F)(F)F)c1. The highest BCUT2D eigenvalue weighted by Crippen LogP contribution is 2.38. The van der Waals surface area contributed by atoms with Crippen LogP contribution in [0.5, 0.6) is 0 Å². The molecule has 2 atom stereocenters. The summed E-state index contributed by atoms with van der Waals surface area (Å²) >= 11 is 3.13. The Kier molecular flexibility index (Phi) is 4.67. The maximum absolute atomic E-state index is 13.1. The summed E-state index contributed by atoms with van der Waals surface area (Å²) in [5.74, 6) is 0. The van der Waals surface area contributed by atoms with Crippen LogP contribution in [0.2, 0.25) is 0 Å². The first kappa shape index (κ1) is 15.7. The van der Waals surface area contributed by atoms with Gasteiger partial charge in [0.25, 0.3) is 0 Å². The number of benzene rings is 1. The van der Waals surface area contributed by atoms with Crippen molar-refractivity contribution in [3.63, 3.8) is 0 Å². The zero-order valence-corrected chi connectivity index (χ0v) is 13.3. The maximum Gasteiger partial charge on any atom is 0.416 e. The Morgan fingerprint density at radius 1 is 1.30 bits per heavy atom. The fourth-order valence-corrected chi connectivity index (χ4v) is 3.53. The fraction of sp³-hybridized carbons (Fsp3) is 0.600. The van der Waals surface area contributed by atoms with E-state index in [1.54, 1.807) is 6.07 Å². The summed E-state index contributed by atoms with van der Waals surface area (Å²) in [6.07, 6.45) is -1.24. The highest BCUT2D eigenvalue weighted by Gasteiger charge is 2.35. The minimum Gasteiger partial charge on any atom is -0.366 e. The highest BCUT2D eigenvalue weighted by molar-refractivity contribution is 9.08. The number of anilines is 1. The van der Waals surface area contributed by atoms with Crippen LogP contribution in [-0.2, 0) is 11.5 Å². The van der Waals surface area contributed by atoms with Crippen molar-refractivity contribution in [2.45, 2.75) is 56.7 Å². The normalized spacial score (nSPS) is 23.4. The van der Waals surface area contributed by atoms with E-state index in [0.29, 0.717) is 23.3 Å². The summed E-state index contributed by atoms with van der Waals surface area (Å²) in [6.45, 7) is 4.18. The molecule has 0 saturated carbocycles. The van der Waals surface area contributed by atoms with Gasteiger partial charge in [0.1, 0.15) is 0 Å². The van der Waals surface area contributed by atoms with Crippen LogP contribution in [0.25, 0.3) is 0 Å². The first-order chi connectivity index (χ1) is 9.38. The molecular formula is C15H19BrF3N. The van der Waals surface area contributed by atoms with Gasteiger partial charge in [-0.1, -0.05) is 28.9 Å². The van der Waals surface area contributed by atoms with Gasteiger partial charge in [0.05, 0.1) is 5.56 Å². The van der Waals surface area contributed by atoms with Crippen molar-refractivity contribution in [3.8, 4) is 0 Å². The van der Waals surface area contributed by atoms with E-state index in [0.717, 1.165) is 19.3 Å². The number of halogens is 4. The molecule has 0 aromatic heterocycles. The van der Waals surface area contributed by atoms with Gasteiger partial charge >= 0.3 is 6.18 Å². The molecule has 0 spiro atoms. The van der Waals surface area contributed by atoms with E-state index in [9.17, 15) is 13.2 Å². The van der Waals surface area contributed by atoms with Gasteiger partial charge in [0, 0.05) is 23.1 Å². The second-order valence-corrected chi connectivity index (χ2v) is 5.93. The van der Waals surface area contributed by atoms with Crippen molar-refractivity contribution in [2.24, 2.45) is 0 Å². The topological polar surface area (TPSA) is 3.24 Å². The number of alkyl halides is 4. The van der Waals surface area contributed by atoms with Crippen LogP contribution < -0.4 is 4.90 Å². The minimum atomic E-state index is -4.30. The Morgan fingerprint density at radius 2 is 2.00 bits per heavy atom. The molecule has 0 bridgehead atoms. The van der Waals surface area contributed by atoms with Gasteiger partial charge in [-0.15, -0.1) is 0 Å². The van der Waals surface area contributed by atoms with Crippen LogP contribution in [0, 0.1) is 0 Å². The molecule has 1 aromatic rings. The fourth-order valence-electron chi connectivity index (χ4n) is 3.04. The molecule has 1 fully saturated rings. The molecule has 2 rings (SSSR count). The second kappa shape index (κ2) is 5.96. The van der Waals surface area contributed by atoms with Gasteiger partial charge in [-0.2, -0.15) is 13.2 Å². The molecule has 0 radical (unpaired) electrons. The second-order valence-electron chi connectivity index (χ2n) is 5.37. The third kappa shape index (κ3) is 2.97. The summed E-state index contributed by atoms with van der Waals surface area (Å²) < 4.78 is 39.4. The molecule has 1 aliphatic heterocycles.